The number of nitrogens with one attached hydrogen (secondary N) is 1. The fraction of sp³-hybridized carbons (Fsp3) is 0.357. The summed E-state index contributed by atoms with van der Waals surface area (Å²) in [4.78, 5) is 24.0. The summed E-state index contributed by atoms with van der Waals surface area (Å²) in [6.07, 6.45) is 2.65. The second kappa shape index (κ2) is 14.8. The number of allylic oxidation sites excluding steroid dienone is 1. The number of halogens is 1. The Hall–Kier alpha value is -3.25. The first-order valence-corrected chi connectivity index (χ1v) is 11.3. The summed E-state index contributed by atoms with van der Waals surface area (Å²) in [7, 11) is 0. The van der Waals surface area contributed by atoms with Gasteiger partial charge in [-0.1, -0.05) is 48.5 Å². The minimum atomic E-state index is -0.996. The fourth-order valence-electron chi connectivity index (χ4n) is 3.11. The summed E-state index contributed by atoms with van der Waals surface area (Å²) in [5.74, 6) is -1.20. The molecule has 0 aromatic heterocycles. The fourth-order valence-corrected chi connectivity index (χ4v) is 3.11. The van der Waals surface area contributed by atoms with Gasteiger partial charge in [-0.3, -0.25) is 4.79 Å². The Kier molecular flexibility index (Phi) is 12.5. The predicted octanol–water partition coefficient (Wildman–Crippen LogP) is 5.80. The lowest BCUT2D eigenvalue weighted by Crippen LogP contribution is -2.29. The van der Waals surface area contributed by atoms with Gasteiger partial charge in [-0.2, -0.15) is 0 Å². The van der Waals surface area contributed by atoms with Crippen molar-refractivity contribution in [1.29, 1.82) is 0 Å². The van der Waals surface area contributed by atoms with Crippen molar-refractivity contribution in [3.05, 3.63) is 88.5 Å². The lowest BCUT2D eigenvalue weighted by molar-refractivity contribution is -0.153. The molecule has 0 aliphatic carbocycles. The van der Waals surface area contributed by atoms with Crippen molar-refractivity contribution in [2.24, 2.45) is 0 Å². The van der Waals surface area contributed by atoms with E-state index < -0.39 is 18.7 Å². The van der Waals surface area contributed by atoms with Crippen LogP contribution >= 0.6 is 0 Å². The van der Waals surface area contributed by atoms with Crippen LogP contribution in [0, 0.1) is 6.92 Å². The molecule has 2 N–H and O–H groups in total. The molecule has 0 bridgehead atoms. The highest BCUT2D eigenvalue weighted by Gasteiger charge is 2.20. The summed E-state index contributed by atoms with van der Waals surface area (Å²) in [5.41, 5.74) is 4.72. The van der Waals surface area contributed by atoms with E-state index in [-0.39, 0.29) is 18.4 Å². The third kappa shape index (κ3) is 10.1. The third-order valence-corrected chi connectivity index (χ3v) is 4.86. The van der Waals surface area contributed by atoms with Crippen molar-refractivity contribution in [2.75, 3.05) is 0 Å². The highest BCUT2D eigenvalue weighted by Crippen LogP contribution is 2.16. The number of carbonyl (C=O) groups excluding carboxylic acids is 1. The third-order valence-electron chi connectivity index (χ3n) is 4.86. The van der Waals surface area contributed by atoms with Crippen LogP contribution in [0.2, 0.25) is 0 Å². The monoisotopic (exact) mass is 469 g/mol. The van der Waals surface area contributed by atoms with Gasteiger partial charge in [-0.15, -0.1) is 6.58 Å². The molecule has 2 rings (SSSR count). The molecule has 1 atom stereocenters. The molecular weight excluding hydrogens is 433 g/mol. The van der Waals surface area contributed by atoms with Crippen LogP contribution in [0.25, 0.3) is 6.08 Å². The van der Waals surface area contributed by atoms with E-state index in [2.05, 4.69) is 11.9 Å². The van der Waals surface area contributed by atoms with Gasteiger partial charge >= 0.3 is 5.97 Å². The van der Waals surface area contributed by atoms with E-state index in [1.807, 2.05) is 32.0 Å². The number of carboxylic acid groups (broad SMARTS) is 1. The van der Waals surface area contributed by atoms with Crippen molar-refractivity contribution < 1.29 is 23.8 Å². The highest BCUT2D eigenvalue weighted by atomic mass is 19.1. The van der Waals surface area contributed by atoms with Crippen molar-refractivity contribution in [3.8, 4) is 0 Å². The maximum absolute atomic E-state index is 12.6. The van der Waals surface area contributed by atoms with Gasteiger partial charge in [0.25, 0.3) is 0 Å². The predicted molar refractivity (Wildman–Crippen MR) is 135 cm³/mol. The lowest BCUT2D eigenvalue weighted by atomic mass is 10.0. The van der Waals surface area contributed by atoms with E-state index in [1.165, 1.54) is 0 Å². The van der Waals surface area contributed by atoms with Crippen LogP contribution in [0.3, 0.4) is 0 Å². The first-order chi connectivity index (χ1) is 16.1. The molecule has 0 fully saturated rings. The number of carbonyl (C=O) groups is 2. The molecule has 0 aliphatic rings. The second-order valence-corrected chi connectivity index (χ2v) is 8.27. The van der Waals surface area contributed by atoms with E-state index >= 15 is 0 Å². The summed E-state index contributed by atoms with van der Waals surface area (Å²) in [6.45, 7) is 12.3. The first kappa shape index (κ1) is 28.8. The minimum absolute atomic E-state index is 0.187. The van der Waals surface area contributed by atoms with E-state index in [1.54, 1.807) is 57.2 Å². The Morgan fingerprint density at radius 2 is 1.74 bits per heavy atom. The average Bonchev–Trinajstić information content (AvgIpc) is 2.79. The molecule has 0 heterocycles. The van der Waals surface area contributed by atoms with Gasteiger partial charge in [0.15, 0.2) is 6.10 Å². The molecule has 5 nitrogen and oxygen atoms in total. The SMILES string of the molecule is C/C(=C\c1ccc(CF)cc1)C(=O)NCc1cc(CC(OC(C)C)C(=O)O)ccc1C.C=CC. The van der Waals surface area contributed by atoms with E-state index in [0.29, 0.717) is 17.7 Å². The average molecular weight is 470 g/mol. The Labute approximate surface area is 202 Å². The Bertz CT molecular complexity index is 980. The normalized spacial score (nSPS) is 11.9. The number of benzene rings is 2. The molecule has 0 aliphatic heterocycles. The van der Waals surface area contributed by atoms with E-state index in [9.17, 15) is 19.1 Å². The van der Waals surface area contributed by atoms with Crippen LogP contribution in [0.4, 0.5) is 4.39 Å². The first-order valence-electron chi connectivity index (χ1n) is 11.3. The Morgan fingerprint density at radius 3 is 2.26 bits per heavy atom. The van der Waals surface area contributed by atoms with E-state index in [4.69, 9.17) is 4.74 Å². The molecule has 2 aromatic rings. The van der Waals surface area contributed by atoms with Crippen LogP contribution < -0.4 is 5.32 Å². The second-order valence-electron chi connectivity index (χ2n) is 8.27. The van der Waals surface area contributed by atoms with Crippen LogP contribution in [0.1, 0.15) is 55.5 Å². The number of rotatable bonds is 10. The zero-order chi connectivity index (χ0) is 25.7. The van der Waals surface area contributed by atoms with Crippen molar-refractivity contribution in [2.45, 2.75) is 66.5 Å². The quantitative estimate of drug-likeness (QED) is 0.341. The molecule has 184 valence electrons. The standard InChI is InChI=1S/C25H30FNO4.C3H6/c1-16(2)31-23(25(29)30)13-21-6-5-17(3)22(12-21)15-27-24(28)18(4)11-19-7-9-20(14-26)10-8-19;1-3-2/h5-12,16,23H,13-15H2,1-4H3,(H,27,28)(H,29,30);3H,1H2,2H3/b18-11+;. The van der Waals surface area contributed by atoms with Gasteiger partial charge in [0.1, 0.15) is 6.67 Å². The van der Waals surface area contributed by atoms with Gasteiger partial charge < -0.3 is 15.2 Å². The number of amides is 1. The van der Waals surface area contributed by atoms with Gasteiger partial charge in [0.2, 0.25) is 5.91 Å². The molecule has 0 saturated heterocycles. The largest absolute Gasteiger partial charge is 0.479 e. The van der Waals surface area contributed by atoms with Gasteiger partial charge in [0.05, 0.1) is 6.10 Å². The van der Waals surface area contributed by atoms with Crippen molar-refractivity contribution in [3.63, 3.8) is 0 Å². The number of aryl methyl sites for hydroxylation is 1. The smallest absolute Gasteiger partial charge is 0.333 e. The summed E-state index contributed by atoms with van der Waals surface area (Å²) >= 11 is 0. The van der Waals surface area contributed by atoms with Gasteiger partial charge in [0, 0.05) is 18.5 Å². The maximum atomic E-state index is 12.6. The van der Waals surface area contributed by atoms with Crippen LogP contribution in [0.15, 0.2) is 60.7 Å². The summed E-state index contributed by atoms with van der Waals surface area (Å²) < 4.78 is 18.1. The van der Waals surface area contributed by atoms with Crippen LogP contribution in [-0.4, -0.2) is 29.2 Å². The number of alkyl halides is 1. The molecule has 0 saturated carbocycles. The molecule has 34 heavy (non-hydrogen) atoms. The molecule has 1 amide bonds. The summed E-state index contributed by atoms with van der Waals surface area (Å²) in [5, 5.41) is 12.3. The molecule has 1 unspecified atom stereocenters. The highest BCUT2D eigenvalue weighted by molar-refractivity contribution is 5.97. The number of aliphatic carboxylic acids is 1. The topological polar surface area (TPSA) is 75.6 Å². The Morgan fingerprint density at radius 1 is 1.15 bits per heavy atom. The van der Waals surface area contributed by atoms with Crippen molar-refractivity contribution >= 4 is 18.0 Å². The number of ether oxygens (including phenoxy) is 1. The minimum Gasteiger partial charge on any atom is -0.479 e. The van der Waals surface area contributed by atoms with Crippen LogP contribution in [-0.2, 0) is 34.0 Å². The van der Waals surface area contributed by atoms with Crippen molar-refractivity contribution in [1.82, 2.24) is 5.32 Å². The molecule has 0 spiro atoms. The zero-order valence-corrected chi connectivity index (χ0v) is 20.7. The molecule has 6 heteroatoms. The molecular formula is C28H36FNO4. The lowest BCUT2D eigenvalue weighted by Gasteiger charge is -2.17. The van der Waals surface area contributed by atoms with E-state index in [0.717, 1.165) is 22.3 Å². The molecule has 0 radical (unpaired) electrons. The number of hydrogen-bond acceptors (Lipinski definition) is 3. The maximum Gasteiger partial charge on any atom is 0.333 e. The zero-order valence-electron chi connectivity index (χ0n) is 20.7. The van der Waals surface area contributed by atoms with Crippen LogP contribution in [0.5, 0.6) is 0 Å². The number of hydrogen-bond donors (Lipinski definition) is 2. The number of carboxylic acids is 1. The molecule has 2 aromatic carbocycles. The Balaban J connectivity index is 0.00000182. The van der Waals surface area contributed by atoms with Gasteiger partial charge in [-0.05, 0) is 68.5 Å². The summed E-state index contributed by atoms with van der Waals surface area (Å²) in [6, 6.07) is 12.6. The van der Waals surface area contributed by atoms with Gasteiger partial charge in [-0.25, -0.2) is 9.18 Å².